The number of hydrogen-bond donors (Lipinski definition) is 0. The zero-order valence-electron chi connectivity index (χ0n) is 10.9. The molecule has 2 aromatic heterocycles. The zero-order chi connectivity index (χ0) is 13.1. The number of nitrogens with zero attached hydrogens (tertiary/aromatic N) is 5. The first-order valence-corrected chi connectivity index (χ1v) is 6.36. The van der Waals surface area contributed by atoms with Crippen molar-refractivity contribution in [3.05, 3.63) is 24.5 Å². The lowest BCUT2D eigenvalue weighted by atomic mass is 10.2. The van der Waals surface area contributed by atoms with Crippen molar-refractivity contribution in [3.8, 4) is 23.1 Å². The molecule has 5 nitrogen and oxygen atoms in total. The second kappa shape index (κ2) is 5.11. The molecule has 3 heterocycles. The molecular formula is C14H15N5. The van der Waals surface area contributed by atoms with Gasteiger partial charge in [0.2, 0.25) is 0 Å². The first-order valence-electron chi connectivity index (χ1n) is 6.36. The molecule has 0 fully saturated rings. The first-order chi connectivity index (χ1) is 9.33. The van der Waals surface area contributed by atoms with Gasteiger partial charge >= 0.3 is 0 Å². The SMILES string of the molecule is Cn1cc(-c2ccc(N3CCC#CCC3)nn2)cn1. The van der Waals surface area contributed by atoms with Crippen LogP contribution in [0.4, 0.5) is 5.82 Å². The largest absolute Gasteiger partial charge is 0.353 e. The maximum atomic E-state index is 4.31. The molecule has 0 atom stereocenters. The number of hydrogen-bond acceptors (Lipinski definition) is 4. The van der Waals surface area contributed by atoms with Crippen LogP contribution in [-0.4, -0.2) is 33.1 Å². The van der Waals surface area contributed by atoms with Crippen LogP contribution in [0.2, 0.25) is 0 Å². The molecule has 1 aliphatic rings. The summed E-state index contributed by atoms with van der Waals surface area (Å²) in [6, 6.07) is 4.01. The molecule has 0 saturated heterocycles. The fourth-order valence-corrected chi connectivity index (χ4v) is 2.10. The molecule has 0 bridgehead atoms. The van der Waals surface area contributed by atoms with Gasteiger partial charge in [0.15, 0.2) is 5.82 Å². The van der Waals surface area contributed by atoms with E-state index in [-0.39, 0.29) is 0 Å². The standard InChI is InChI=1S/C14H15N5/c1-18-11-12(10-15-18)13-6-7-14(17-16-13)19-8-4-2-3-5-9-19/h6-7,10-11H,4-5,8-9H2,1H3. The topological polar surface area (TPSA) is 46.8 Å². The summed E-state index contributed by atoms with van der Waals surface area (Å²) in [6.07, 6.45) is 5.52. The Morgan fingerprint density at radius 3 is 2.47 bits per heavy atom. The van der Waals surface area contributed by atoms with Crippen molar-refractivity contribution < 1.29 is 0 Å². The van der Waals surface area contributed by atoms with Crippen molar-refractivity contribution in [2.45, 2.75) is 12.8 Å². The number of aryl methyl sites for hydroxylation is 1. The molecule has 3 rings (SSSR count). The molecule has 0 amide bonds. The zero-order valence-corrected chi connectivity index (χ0v) is 10.9. The van der Waals surface area contributed by atoms with E-state index in [9.17, 15) is 0 Å². The second-order valence-electron chi connectivity index (χ2n) is 4.52. The van der Waals surface area contributed by atoms with E-state index in [0.717, 1.165) is 43.0 Å². The van der Waals surface area contributed by atoms with Crippen LogP contribution in [0.3, 0.4) is 0 Å². The maximum absolute atomic E-state index is 4.31. The van der Waals surface area contributed by atoms with Crippen molar-refractivity contribution in [2.75, 3.05) is 18.0 Å². The van der Waals surface area contributed by atoms with Gasteiger partial charge in [-0.25, -0.2) is 0 Å². The molecule has 0 aromatic carbocycles. The smallest absolute Gasteiger partial charge is 0.151 e. The van der Waals surface area contributed by atoms with Crippen LogP contribution in [-0.2, 0) is 7.05 Å². The van der Waals surface area contributed by atoms with Crippen molar-refractivity contribution >= 4 is 5.82 Å². The molecular weight excluding hydrogens is 238 g/mol. The maximum Gasteiger partial charge on any atom is 0.151 e. The molecule has 2 aromatic rings. The fourth-order valence-electron chi connectivity index (χ4n) is 2.10. The van der Waals surface area contributed by atoms with Gasteiger partial charge in [-0.15, -0.1) is 22.0 Å². The highest BCUT2D eigenvalue weighted by molar-refractivity contribution is 5.57. The summed E-state index contributed by atoms with van der Waals surface area (Å²) >= 11 is 0. The molecule has 0 saturated carbocycles. The molecule has 96 valence electrons. The van der Waals surface area contributed by atoms with Crippen LogP contribution in [0, 0.1) is 11.8 Å². The van der Waals surface area contributed by atoms with Crippen LogP contribution in [0.1, 0.15) is 12.8 Å². The second-order valence-corrected chi connectivity index (χ2v) is 4.52. The van der Waals surface area contributed by atoms with Crippen LogP contribution < -0.4 is 4.90 Å². The third-order valence-electron chi connectivity index (χ3n) is 3.11. The Balaban J connectivity index is 1.78. The van der Waals surface area contributed by atoms with Crippen molar-refractivity contribution in [2.24, 2.45) is 7.05 Å². The molecule has 0 radical (unpaired) electrons. The van der Waals surface area contributed by atoms with Gasteiger partial charge in [-0.3, -0.25) is 4.68 Å². The van der Waals surface area contributed by atoms with E-state index in [4.69, 9.17) is 0 Å². The lowest BCUT2D eigenvalue weighted by Gasteiger charge is -2.20. The third-order valence-corrected chi connectivity index (χ3v) is 3.11. The highest BCUT2D eigenvalue weighted by Crippen LogP contribution is 2.18. The minimum absolute atomic E-state index is 0.850. The lowest BCUT2D eigenvalue weighted by molar-refractivity contribution is 0.768. The van der Waals surface area contributed by atoms with E-state index in [0.29, 0.717) is 0 Å². The average molecular weight is 253 g/mol. The van der Waals surface area contributed by atoms with Gasteiger partial charge in [-0.05, 0) is 12.1 Å². The van der Waals surface area contributed by atoms with E-state index < -0.39 is 0 Å². The van der Waals surface area contributed by atoms with E-state index >= 15 is 0 Å². The summed E-state index contributed by atoms with van der Waals surface area (Å²) in [5, 5.41) is 12.7. The van der Waals surface area contributed by atoms with Crippen LogP contribution in [0.15, 0.2) is 24.5 Å². The highest BCUT2D eigenvalue weighted by Gasteiger charge is 2.10. The van der Waals surface area contributed by atoms with E-state index in [1.165, 1.54) is 0 Å². The van der Waals surface area contributed by atoms with Crippen LogP contribution in [0.5, 0.6) is 0 Å². The number of anilines is 1. The third kappa shape index (κ3) is 2.58. The highest BCUT2D eigenvalue weighted by atomic mass is 15.3. The Hall–Kier alpha value is -2.35. The first kappa shape index (κ1) is 11.7. The molecule has 19 heavy (non-hydrogen) atoms. The summed E-state index contributed by atoms with van der Waals surface area (Å²) < 4.78 is 1.76. The molecule has 5 heteroatoms. The van der Waals surface area contributed by atoms with Gasteiger partial charge in [0, 0.05) is 44.7 Å². The van der Waals surface area contributed by atoms with Crippen molar-refractivity contribution in [1.82, 2.24) is 20.0 Å². The van der Waals surface area contributed by atoms with E-state index in [1.807, 2.05) is 25.4 Å². The summed E-state index contributed by atoms with van der Waals surface area (Å²) in [5.41, 5.74) is 1.84. The Morgan fingerprint density at radius 1 is 1.11 bits per heavy atom. The normalized spacial score (nSPS) is 14.7. The van der Waals surface area contributed by atoms with Gasteiger partial charge in [0.05, 0.1) is 11.9 Å². The van der Waals surface area contributed by atoms with Gasteiger partial charge < -0.3 is 4.90 Å². The Bertz CT molecular complexity index is 605. The average Bonchev–Trinajstić information content (AvgIpc) is 2.72. The van der Waals surface area contributed by atoms with E-state index in [2.05, 4.69) is 32.0 Å². The predicted molar refractivity (Wildman–Crippen MR) is 73.5 cm³/mol. The predicted octanol–water partition coefficient (Wildman–Crippen LogP) is 1.48. The van der Waals surface area contributed by atoms with Gasteiger partial charge in [-0.1, -0.05) is 0 Å². The quantitative estimate of drug-likeness (QED) is 0.761. The summed E-state index contributed by atoms with van der Waals surface area (Å²) in [5.74, 6) is 7.19. The van der Waals surface area contributed by atoms with Crippen molar-refractivity contribution in [3.63, 3.8) is 0 Å². The van der Waals surface area contributed by atoms with Crippen LogP contribution >= 0.6 is 0 Å². The summed E-state index contributed by atoms with van der Waals surface area (Å²) in [6.45, 7) is 1.85. The minimum atomic E-state index is 0.850. The molecule has 0 aliphatic carbocycles. The fraction of sp³-hybridized carbons (Fsp3) is 0.357. The number of aromatic nitrogens is 4. The van der Waals surface area contributed by atoms with Gasteiger partial charge in [0.25, 0.3) is 0 Å². The monoisotopic (exact) mass is 253 g/mol. The Morgan fingerprint density at radius 2 is 1.89 bits per heavy atom. The summed E-state index contributed by atoms with van der Waals surface area (Å²) in [4.78, 5) is 2.22. The molecule has 0 spiro atoms. The number of rotatable bonds is 2. The molecule has 1 aliphatic heterocycles. The Labute approximate surface area is 112 Å². The van der Waals surface area contributed by atoms with E-state index in [1.54, 1.807) is 10.9 Å². The van der Waals surface area contributed by atoms with Crippen LogP contribution in [0.25, 0.3) is 11.3 Å². The minimum Gasteiger partial charge on any atom is -0.353 e. The Kier molecular flexibility index (Phi) is 3.15. The van der Waals surface area contributed by atoms with Gasteiger partial charge in [0.1, 0.15) is 0 Å². The van der Waals surface area contributed by atoms with Gasteiger partial charge in [-0.2, -0.15) is 5.10 Å². The lowest BCUT2D eigenvalue weighted by Crippen LogP contribution is -2.25. The summed E-state index contributed by atoms with van der Waals surface area (Å²) in [7, 11) is 1.89. The molecule has 0 N–H and O–H groups in total. The van der Waals surface area contributed by atoms with Crippen molar-refractivity contribution in [1.29, 1.82) is 0 Å². The molecule has 0 unspecified atom stereocenters.